The Balaban J connectivity index is 1.53. The molecule has 1 atom stereocenters. The van der Waals surface area contributed by atoms with Crippen molar-refractivity contribution >= 4 is 5.91 Å². The second kappa shape index (κ2) is 7.51. The van der Waals surface area contributed by atoms with Crippen molar-refractivity contribution in [2.75, 3.05) is 0 Å². The highest BCUT2D eigenvalue weighted by Gasteiger charge is 2.20. The molecule has 0 aromatic carbocycles. The van der Waals surface area contributed by atoms with Gasteiger partial charge in [0, 0.05) is 43.5 Å². The van der Waals surface area contributed by atoms with Crippen LogP contribution in [0.3, 0.4) is 0 Å². The summed E-state index contributed by atoms with van der Waals surface area (Å²) in [7, 11) is 0. The lowest BCUT2D eigenvalue weighted by Gasteiger charge is -2.24. The molecule has 0 radical (unpaired) electrons. The summed E-state index contributed by atoms with van der Waals surface area (Å²) in [5.41, 5.74) is 3.12. The molecule has 1 aliphatic rings. The number of nitrogens with one attached hydrogen (secondary N) is 1. The molecule has 0 spiro atoms. The van der Waals surface area contributed by atoms with Crippen molar-refractivity contribution in [1.82, 2.24) is 24.6 Å². The van der Waals surface area contributed by atoms with Gasteiger partial charge in [-0.05, 0) is 32.3 Å². The SMILES string of the molecule is Cc1nn(CCC#N)c(C)c1CCC(=O)NC1CCc2nccn2C1. The van der Waals surface area contributed by atoms with E-state index >= 15 is 0 Å². The van der Waals surface area contributed by atoms with Crippen LogP contribution in [0.5, 0.6) is 0 Å². The van der Waals surface area contributed by atoms with Crippen molar-refractivity contribution in [2.45, 2.75) is 65.1 Å². The molecule has 0 fully saturated rings. The molecule has 3 rings (SSSR count). The van der Waals surface area contributed by atoms with Crippen LogP contribution >= 0.6 is 0 Å². The number of hydrogen-bond acceptors (Lipinski definition) is 4. The molecule has 1 unspecified atom stereocenters. The highest BCUT2D eigenvalue weighted by Crippen LogP contribution is 2.16. The summed E-state index contributed by atoms with van der Waals surface area (Å²) in [5, 5.41) is 16.4. The predicted molar refractivity (Wildman–Crippen MR) is 92.7 cm³/mol. The first-order chi connectivity index (χ1) is 12.1. The van der Waals surface area contributed by atoms with E-state index in [9.17, 15) is 4.79 Å². The Bertz CT molecular complexity index is 797. The van der Waals surface area contributed by atoms with Crippen LogP contribution in [-0.2, 0) is 30.7 Å². The number of aryl methyl sites for hydroxylation is 3. The molecule has 25 heavy (non-hydrogen) atoms. The average molecular weight is 340 g/mol. The summed E-state index contributed by atoms with van der Waals surface area (Å²) in [6.45, 7) is 5.37. The van der Waals surface area contributed by atoms with Crippen molar-refractivity contribution in [1.29, 1.82) is 5.26 Å². The number of nitriles is 1. The highest BCUT2D eigenvalue weighted by atomic mass is 16.1. The zero-order chi connectivity index (χ0) is 17.8. The van der Waals surface area contributed by atoms with Crippen molar-refractivity contribution in [2.24, 2.45) is 0 Å². The maximum absolute atomic E-state index is 12.3. The minimum absolute atomic E-state index is 0.0807. The van der Waals surface area contributed by atoms with E-state index in [1.54, 1.807) is 0 Å². The topological polar surface area (TPSA) is 88.5 Å². The van der Waals surface area contributed by atoms with Gasteiger partial charge in [0.15, 0.2) is 0 Å². The Morgan fingerprint density at radius 1 is 1.48 bits per heavy atom. The number of imidazole rings is 1. The van der Waals surface area contributed by atoms with Crippen LogP contribution in [0.25, 0.3) is 0 Å². The molecule has 0 saturated carbocycles. The van der Waals surface area contributed by atoms with Crippen LogP contribution in [0.2, 0.25) is 0 Å². The van der Waals surface area contributed by atoms with E-state index in [1.807, 2.05) is 30.9 Å². The zero-order valence-corrected chi connectivity index (χ0v) is 14.8. The van der Waals surface area contributed by atoms with E-state index in [4.69, 9.17) is 5.26 Å². The standard InChI is InChI=1S/C18H24N6O/c1-13-16(14(2)24(22-13)10-3-8-19)5-7-18(25)21-15-4-6-17-20-9-11-23(17)12-15/h9,11,15H,3-7,10,12H2,1-2H3,(H,21,25). The van der Waals surface area contributed by atoms with Gasteiger partial charge in [0.25, 0.3) is 0 Å². The lowest BCUT2D eigenvalue weighted by molar-refractivity contribution is -0.122. The maximum Gasteiger partial charge on any atom is 0.220 e. The summed E-state index contributed by atoms with van der Waals surface area (Å²) < 4.78 is 3.98. The Morgan fingerprint density at radius 2 is 2.32 bits per heavy atom. The van der Waals surface area contributed by atoms with Crippen molar-refractivity contribution < 1.29 is 4.79 Å². The lowest BCUT2D eigenvalue weighted by Crippen LogP contribution is -2.41. The van der Waals surface area contributed by atoms with E-state index in [-0.39, 0.29) is 11.9 Å². The van der Waals surface area contributed by atoms with Crippen molar-refractivity contribution in [3.05, 3.63) is 35.2 Å². The average Bonchev–Trinajstić information content (AvgIpc) is 3.15. The molecule has 2 aromatic heterocycles. The summed E-state index contributed by atoms with van der Waals surface area (Å²) in [5.74, 6) is 1.18. The molecule has 132 valence electrons. The Labute approximate surface area is 147 Å². The summed E-state index contributed by atoms with van der Waals surface area (Å²) in [6, 6.07) is 2.32. The van der Waals surface area contributed by atoms with Gasteiger partial charge in [-0.3, -0.25) is 9.48 Å². The van der Waals surface area contributed by atoms with Gasteiger partial charge in [0.2, 0.25) is 5.91 Å². The number of carbonyl (C=O) groups excluding carboxylic acids is 1. The molecule has 0 aliphatic carbocycles. The number of amides is 1. The molecule has 7 nitrogen and oxygen atoms in total. The third-order valence-electron chi connectivity index (χ3n) is 4.87. The number of nitrogens with zero attached hydrogens (tertiary/aromatic N) is 5. The fraction of sp³-hybridized carbons (Fsp3) is 0.556. The number of hydrogen-bond donors (Lipinski definition) is 1. The van der Waals surface area contributed by atoms with Gasteiger partial charge in [0.1, 0.15) is 5.82 Å². The van der Waals surface area contributed by atoms with Gasteiger partial charge in [-0.25, -0.2) is 4.98 Å². The molecule has 0 saturated heterocycles. The van der Waals surface area contributed by atoms with Crippen molar-refractivity contribution in [3.63, 3.8) is 0 Å². The minimum Gasteiger partial charge on any atom is -0.352 e. The van der Waals surface area contributed by atoms with Crippen LogP contribution in [-0.4, -0.2) is 31.3 Å². The van der Waals surface area contributed by atoms with Gasteiger partial charge in [-0.15, -0.1) is 0 Å². The molecule has 2 aromatic rings. The van der Waals surface area contributed by atoms with E-state index in [0.29, 0.717) is 25.8 Å². The van der Waals surface area contributed by atoms with Crippen LogP contribution in [0.1, 0.15) is 42.0 Å². The third kappa shape index (κ3) is 3.90. The molecule has 7 heteroatoms. The number of fused-ring (bicyclic) bond motifs is 1. The normalized spacial score (nSPS) is 16.3. The van der Waals surface area contributed by atoms with Crippen LogP contribution in [0.15, 0.2) is 12.4 Å². The second-order valence-electron chi connectivity index (χ2n) is 6.58. The molecule has 1 amide bonds. The molecule has 1 aliphatic heterocycles. The van der Waals surface area contributed by atoms with Gasteiger partial charge in [0.05, 0.1) is 24.7 Å². The Kier molecular flexibility index (Phi) is 5.17. The summed E-state index contributed by atoms with van der Waals surface area (Å²) >= 11 is 0. The predicted octanol–water partition coefficient (Wildman–Crippen LogP) is 1.67. The lowest BCUT2D eigenvalue weighted by atomic mass is 10.1. The second-order valence-corrected chi connectivity index (χ2v) is 6.58. The first-order valence-electron chi connectivity index (χ1n) is 8.77. The Morgan fingerprint density at radius 3 is 3.12 bits per heavy atom. The molecular weight excluding hydrogens is 316 g/mol. The quantitative estimate of drug-likeness (QED) is 0.866. The third-order valence-corrected chi connectivity index (χ3v) is 4.87. The first kappa shape index (κ1) is 17.2. The highest BCUT2D eigenvalue weighted by molar-refractivity contribution is 5.76. The summed E-state index contributed by atoms with van der Waals surface area (Å²) in [6.07, 6.45) is 7.21. The number of carbonyl (C=O) groups is 1. The van der Waals surface area contributed by atoms with Crippen molar-refractivity contribution in [3.8, 4) is 6.07 Å². The maximum atomic E-state index is 12.3. The van der Waals surface area contributed by atoms with E-state index in [0.717, 1.165) is 42.2 Å². The van der Waals surface area contributed by atoms with Crippen LogP contribution in [0, 0.1) is 25.2 Å². The van der Waals surface area contributed by atoms with E-state index in [1.165, 1.54) is 0 Å². The smallest absolute Gasteiger partial charge is 0.220 e. The number of rotatable bonds is 6. The monoisotopic (exact) mass is 340 g/mol. The molecule has 1 N–H and O–H groups in total. The van der Waals surface area contributed by atoms with Crippen LogP contribution in [0.4, 0.5) is 0 Å². The Hall–Kier alpha value is -2.62. The minimum atomic E-state index is 0.0807. The zero-order valence-electron chi connectivity index (χ0n) is 14.8. The summed E-state index contributed by atoms with van der Waals surface area (Å²) in [4.78, 5) is 16.6. The largest absolute Gasteiger partial charge is 0.352 e. The van der Waals surface area contributed by atoms with Gasteiger partial charge >= 0.3 is 0 Å². The number of aromatic nitrogens is 4. The van der Waals surface area contributed by atoms with Crippen LogP contribution < -0.4 is 5.32 Å². The molecule has 3 heterocycles. The van der Waals surface area contributed by atoms with E-state index in [2.05, 4.69) is 26.0 Å². The van der Waals surface area contributed by atoms with Gasteiger partial charge in [-0.2, -0.15) is 10.4 Å². The van der Waals surface area contributed by atoms with E-state index < -0.39 is 0 Å². The van der Waals surface area contributed by atoms with Gasteiger partial charge in [-0.1, -0.05) is 0 Å². The molecular formula is C18H24N6O. The van der Waals surface area contributed by atoms with Gasteiger partial charge < -0.3 is 9.88 Å². The molecule has 0 bridgehead atoms. The first-order valence-corrected chi connectivity index (χ1v) is 8.77. The fourth-order valence-electron chi connectivity index (χ4n) is 3.49. The fourth-order valence-corrected chi connectivity index (χ4v) is 3.49.